The highest BCUT2D eigenvalue weighted by molar-refractivity contribution is 9.11. The zero-order valence-electron chi connectivity index (χ0n) is 27.2. The molecule has 4 aliphatic heterocycles. The average molecular weight is 785 g/mol. The first kappa shape index (κ1) is 34.5. The van der Waals surface area contributed by atoms with E-state index in [0.29, 0.717) is 60.1 Å². The number of aliphatic imine (C=N–C) groups is 1. The number of fused-ring (bicyclic) bond motifs is 1. The Morgan fingerprint density at radius 2 is 1.60 bits per heavy atom. The first-order valence-corrected chi connectivity index (χ1v) is 18.7. The van der Waals surface area contributed by atoms with Crippen molar-refractivity contribution in [2.75, 3.05) is 51.1 Å². The molecule has 6 rings (SSSR count). The number of piperidine rings is 3. The summed E-state index contributed by atoms with van der Waals surface area (Å²) in [5.74, 6) is 0.420. The number of phenolic OH excluding ortho intramolecular Hbond substituents is 1. The number of aromatic hydroxyl groups is 1. The molecule has 4 heterocycles. The number of guanidine groups is 1. The van der Waals surface area contributed by atoms with E-state index in [-0.39, 0.29) is 23.7 Å². The summed E-state index contributed by atoms with van der Waals surface area (Å²) in [5.41, 5.74) is 2.84. The zero-order chi connectivity index (χ0) is 33.6. The summed E-state index contributed by atoms with van der Waals surface area (Å²) in [6.45, 7) is 5.49. The van der Waals surface area contributed by atoms with Crippen LogP contribution in [0.15, 0.2) is 50.3 Å². The first-order valence-electron chi connectivity index (χ1n) is 17.1. The quantitative estimate of drug-likeness (QED) is 0.158. The largest absolute Gasteiger partial charge is 0.506 e. The topological polar surface area (TPSA) is 128 Å². The van der Waals surface area contributed by atoms with Crippen molar-refractivity contribution >= 4 is 55.4 Å². The van der Waals surface area contributed by atoms with Gasteiger partial charge in [0, 0.05) is 56.9 Å². The second-order valence-corrected chi connectivity index (χ2v) is 14.9. The number of anilines is 1. The van der Waals surface area contributed by atoms with Gasteiger partial charge in [-0.1, -0.05) is 24.6 Å². The van der Waals surface area contributed by atoms with Crippen LogP contribution < -0.4 is 10.6 Å². The molecule has 0 radical (unpaired) electrons. The van der Waals surface area contributed by atoms with Gasteiger partial charge in [0.15, 0.2) is 6.19 Å². The Bertz CT molecular complexity index is 1520. The molecular formula is C35H44Br2N8O3. The molecule has 3 amide bonds. The lowest BCUT2D eigenvalue weighted by molar-refractivity contribution is -0.134. The SMILES string of the molecule is N#CNC(=N[C@@H](Cc1cc(Br)c(O)c(Br)c1)C(=O)N1CCC(N2CCCCC2)CC1)N1CCC(N2CCc3ccccc3NC2=O)CC1. The number of amides is 3. The van der Waals surface area contributed by atoms with Crippen LogP contribution in [-0.4, -0.2) is 107 Å². The predicted octanol–water partition coefficient (Wildman–Crippen LogP) is 5.29. The predicted molar refractivity (Wildman–Crippen MR) is 193 cm³/mol. The van der Waals surface area contributed by atoms with Gasteiger partial charge in [-0.05, 0) is 119 Å². The van der Waals surface area contributed by atoms with Crippen molar-refractivity contribution < 1.29 is 14.7 Å². The minimum Gasteiger partial charge on any atom is -0.506 e. The molecule has 13 heteroatoms. The smallest absolute Gasteiger partial charge is 0.322 e. The molecule has 0 saturated carbocycles. The van der Waals surface area contributed by atoms with Crippen LogP contribution in [0.3, 0.4) is 0 Å². The number of hydrogen-bond acceptors (Lipinski definition) is 6. The maximum atomic E-state index is 14.2. The van der Waals surface area contributed by atoms with E-state index in [2.05, 4.69) is 53.5 Å². The maximum Gasteiger partial charge on any atom is 0.322 e. The van der Waals surface area contributed by atoms with Crippen molar-refractivity contribution in [2.24, 2.45) is 4.99 Å². The Balaban J connectivity index is 1.17. The molecule has 11 nitrogen and oxygen atoms in total. The van der Waals surface area contributed by atoms with Gasteiger partial charge >= 0.3 is 6.03 Å². The molecule has 1 atom stereocenters. The molecule has 3 saturated heterocycles. The monoisotopic (exact) mass is 782 g/mol. The molecule has 3 fully saturated rings. The molecule has 2 aromatic rings. The molecule has 2 aromatic carbocycles. The molecule has 256 valence electrons. The number of nitrogens with one attached hydrogen (secondary N) is 2. The van der Waals surface area contributed by atoms with E-state index in [1.54, 1.807) is 0 Å². The van der Waals surface area contributed by atoms with E-state index in [1.807, 2.05) is 51.2 Å². The molecule has 0 aromatic heterocycles. The van der Waals surface area contributed by atoms with E-state index in [4.69, 9.17) is 4.99 Å². The Morgan fingerprint density at radius 3 is 2.29 bits per heavy atom. The average Bonchev–Trinajstić information content (AvgIpc) is 3.28. The molecule has 0 aliphatic carbocycles. The number of carbonyl (C=O) groups excluding carboxylic acids is 2. The van der Waals surface area contributed by atoms with Gasteiger partial charge in [0.2, 0.25) is 11.9 Å². The van der Waals surface area contributed by atoms with E-state index in [0.717, 1.165) is 62.0 Å². The van der Waals surface area contributed by atoms with Gasteiger partial charge in [-0.3, -0.25) is 10.1 Å². The van der Waals surface area contributed by atoms with Crippen molar-refractivity contribution in [3.05, 3.63) is 56.5 Å². The third-order valence-corrected chi connectivity index (χ3v) is 11.5. The number of carbonyl (C=O) groups is 2. The van der Waals surface area contributed by atoms with Crippen LogP contribution in [0.4, 0.5) is 10.5 Å². The van der Waals surface area contributed by atoms with E-state index < -0.39 is 6.04 Å². The van der Waals surface area contributed by atoms with Crippen LogP contribution in [-0.2, 0) is 17.6 Å². The number of rotatable bonds is 6. The Morgan fingerprint density at radius 1 is 0.958 bits per heavy atom. The summed E-state index contributed by atoms with van der Waals surface area (Å²) >= 11 is 6.85. The van der Waals surface area contributed by atoms with Crippen LogP contribution in [0, 0.1) is 11.5 Å². The standard InChI is InChI=1S/C35H44Br2N8O3/c36-28-20-24(21-29(37)32(28)46)22-31(33(47)43-15-9-26(10-16-43)42-13-4-1-5-14-42)40-34(39-23-38)44-17-11-27(12-18-44)45-19-8-25-6-2-3-7-30(25)41-35(45)48/h2-3,6-7,20-21,26-27,31,46H,1,4-5,8-19,22H2,(H,39,40)(H,41,48)/t31-/m0/s1. The lowest BCUT2D eigenvalue weighted by Crippen LogP contribution is -2.53. The summed E-state index contributed by atoms with van der Waals surface area (Å²) in [5, 5.41) is 25.9. The van der Waals surface area contributed by atoms with Crippen molar-refractivity contribution in [2.45, 2.75) is 75.9 Å². The summed E-state index contributed by atoms with van der Waals surface area (Å²) in [4.78, 5) is 40.8. The van der Waals surface area contributed by atoms with Crippen molar-refractivity contribution in [1.82, 2.24) is 24.9 Å². The summed E-state index contributed by atoms with van der Waals surface area (Å²) in [6.07, 6.45) is 10.3. The van der Waals surface area contributed by atoms with Gasteiger partial charge in [0.25, 0.3) is 0 Å². The molecule has 4 aliphatic rings. The third-order valence-electron chi connectivity index (χ3n) is 10.3. The Hall–Kier alpha value is -3.34. The van der Waals surface area contributed by atoms with E-state index in [9.17, 15) is 20.0 Å². The maximum absolute atomic E-state index is 14.2. The lowest BCUT2D eigenvalue weighted by Gasteiger charge is -2.41. The fourth-order valence-corrected chi connectivity index (χ4v) is 8.89. The molecule has 0 spiro atoms. The zero-order valence-corrected chi connectivity index (χ0v) is 30.4. The van der Waals surface area contributed by atoms with Gasteiger partial charge in [-0.15, -0.1) is 0 Å². The van der Waals surface area contributed by atoms with Crippen LogP contribution in [0.5, 0.6) is 5.75 Å². The van der Waals surface area contributed by atoms with Crippen LogP contribution in [0.1, 0.15) is 56.1 Å². The number of para-hydroxylation sites is 1. The first-order chi connectivity index (χ1) is 23.3. The van der Waals surface area contributed by atoms with E-state index in [1.165, 1.54) is 19.3 Å². The highest BCUT2D eigenvalue weighted by Gasteiger charge is 2.34. The molecule has 48 heavy (non-hydrogen) atoms. The number of benzene rings is 2. The van der Waals surface area contributed by atoms with Crippen LogP contribution in [0.25, 0.3) is 0 Å². The van der Waals surface area contributed by atoms with Crippen molar-refractivity contribution in [3.8, 4) is 11.9 Å². The number of hydrogen-bond donors (Lipinski definition) is 3. The van der Waals surface area contributed by atoms with Gasteiger partial charge in [0.1, 0.15) is 11.8 Å². The highest BCUT2D eigenvalue weighted by Crippen LogP contribution is 2.34. The van der Waals surface area contributed by atoms with Crippen molar-refractivity contribution in [3.63, 3.8) is 0 Å². The minimum absolute atomic E-state index is 0.0552. The molecule has 0 bridgehead atoms. The normalized spacial score (nSPS) is 20.8. The van der Waals surface area contributed by atoms with Crippen LogP contribution >= 0.6 is 31.9 Å². The molecule has 0 unspecified atom stereocenters. The fraction of sp³-hybridized carbons (Fsp3) is 0.543. The molecule has 3 N–H and O–H groups in total. The van der Waals surface area contributed by atoms with Crippen LogP contribution in [0.2, 0.25) is 0 Å². The number of urea groups is 1. The number of phenols is 1. The summed E-state index contributed by atoms with van der Waals surface area (Å²) in [6, 6.07) is 11.3. The second kappa shape index (κ2) is 15.9. The Labute approximate surface area is 299 Å². The summed E-state index contributed by atoms with van der Waals surface area (Å²) < 4.78 is 1.06. The number of nitriles is 1. The van der Waals surface area contributed by atoms with Gasteiger partial charge < -0.3 is 30.0 Å². The minimum atomic E-state index is -0.761. The highest BCUT2D eigenvalue weighted by atomic mass is 79.9. The molecular weight excluding hydrogens is 740 g/mol. The number of likely N-dealkylation sites (tertiary alicyclic amines) is 3. The number of nitrogens with zero attached hydrogens (tertiary/aromatic N) is 6. The lowest BCUT2D eigenvalue weighted by atomic mass is 9.98. The Kier molecular flexibility index (Phi) is 11.4. The fourth-order valence-electron chi connectivity index (χ4n) is 7.61. The van der Waals surface area contributed by atoms with Gasteiger partial charge in [-0.25, -0.2) is 9.79 Å². The van der Waals surface area contributed by atoms with Gasteiger partial charge in [-0.2, -0.15) is 5.26 Å². The van der Waals surface area contributed by atoms with E-state index >= 15 is 0 Å². The third kappa shape index (κ3) is 8.09. The van der Waals surface area contributed by atoms with Gasteiger partial charge in [0.05, 0.1) is 8.95 Å². The number of halogens is 2. The second-order valence-electron chi connectivity index (χ2n) is 13.2. The summed E-state index contributed by atoms with van der Waals surface area (Å²) in [7, 11) is 0. The van der Waals surface area contributed by atoms with Crippen molar-refractivity contribution in [1.29, 1.82) is 5.26 Å².